The molecule has 1 atom stereocenters. The van der Waals surface area contributed by atoms with E-state index in [1.165, 1.54) is 18.9 Å². The molecule has 0 aromatic carbocycles. The van der Waals surface area contributed by atoms with Crippen molar-refractivity contribution in [3.63, 3.8) is 0 Å². The molecule has 0 saturated carbocycles. The molecule has 0 amide bonds. The summed E-state index contributed by atoms with van der Waals surface area (Å²) in [7, 11) is -3.92. The number of hydrogen-bond donors (Lipinski definition) is 1. The van der Waals surface area contributed by atoms with Crippen LogP contribution in [0.1, 0.15) is 6.92 Å². The van der Waals surface area contributed by atoms with Crippen LogP contribution < -0.4 is 0 Å². The largest absolute Gasteiger partial charge is 0.284 e. The molecule has 1 aliphatic rings. The second-order valence-corrected chi connectivity index (χ2v) is 4.86. The number of nitrogens with zero attached hydrogens (tertiary/aromatic N) is 1. The molecule has 0 aromatic heterocycles. The maximum absolute atomic E-state index is 10.6. The van der Waals surface area contributed by atoms with Crippen LogP contribution in [0.4, 0.5) is 0 Å². The first kappa shape index (κ1) is 9.05. The lowest BCUT2D eigenvalue weighted by Gasteiger charge is -2.18. The minimum absolute atomic E-state index is 0.561. The van der Waals surface area contributed by atoms with Crippen LogP contribution in [0.3, 0.4) is 0 Å². The Morgan fingerprint density at radius 3 is 2.73 bits per heavy atom. The number of hydrogen-bond acceptors (Lipinski definition) is 4. The van der Waals surface area contributed by atoms with Gasteiger partial charge in [-0.2, -0.15) is 8.42 Å². The Balaban J connectivity index is 2.62. The van der Waals surface area contributed by atoms with Gasteiger partial charge in [0, 0.05) is 6.54 Å². The zero-order valence-electron chi connectivity index (χ0n) is 5.97. The SMILES string of the molecule is CC(N1CC=CS1)S(=O)(=O)O. The van der Waals surface area contributed by atoms with E-state index >= 15 is 0 Å². The standard InChI is InChI=1S/C5H9NO3S2/c1-5(11(7,8)9)6-3-2-4-10-6/h2,4-5H,3H2,1H3,(H,7,8,9). The van der Waals surface area contributed by atoms with E-state index < -0.39 is 15.5 Å². The summed E-state index contributed by atoms with van der Waals surface area (Å²) >= 11 is 1.29. The molecular weight excluding hydrogens is 186 g/mol. The van der Waals surface area contributed by atoms with Crippen LogP contribution in [0.2, 0.25) is 0 Å². The number of rotatable bonds is 2. The summed E-state index contributed by atoms with van der Waals surface area (Å²) in [4.78, 5) is 0. The van der Waals surface area contributed by atoms with Crippen molar-refractivity contribution in [2.24, 2.45) is 0 Å². The van der Waals surface area contributed by atoms with E-state index in [0.29, 0.717) is 6.54 Å². The van der Waals surface area contributed by atoms with Gasteiger partial charge in [-0.15, -0.1) is 0 Å². The Labute approximate surface area is 70.2 Å². The van der Waals surface area contributed by atoms with Crippen LogP contribution in [0.5, 0.6) is 0 Å². The van der Waals surface area contributed by atoms with Gasteiger partial charge in [-0.3, -0.25) is 4.55 Å². The summed E-state index contributed by atoms with van der Waals surface area (Å²) in [5.74, 6) is 0. The third-order valence-electron chi connectivity index (χ3n) is 1.41. The van der Waals surface area contributed by atoms with Gasteiger partial charge in [0.05, 0.1) is 0 Å². The predicted molar refractivity (Wildman–Crippen MR) is 44.4 cm³/mol. The zero-order valence-corrected chi connectivity index (χ0v) is 7.60. The molecule has 0 aromatic rings. The monoisotopic (exact) mass is 195 g/mol. The molecule has 1 heterocycles. The molecule has 1 rings (SSSR count). The molecule has 0 aliphatic carbocycles. The second kappa shape index (κ2) is 3.14. The Kier molecular flexibility index (Phi) is 2.58. The zero-order chi connectivity index (χ0) is 8.48. The highest BCUT2D eigenvalue weighted by molar-refractivity contribution is 8.00. The van der Waals surface area contributed by atoms with Crippen molar-refractivity contribution in [2.75, 3.05) is 6.54 Å². The van der Waals surface area contributed by atoms with Crippen LogP contribution in [-0.4, -0.2) is 29.2 Å². The fourth-order valence-electron chi connectivity index (χ4n) is 0.694. The first-order valence-electron chi connectivity index (χ1n) is 3.06. The first-order valence-corrected chi connectivity index (χ1v) is 5.40. The molecule has 0 spiro atoms. The normalized spacial score (nSPS) is 22.4. The highest BCUT2D eigenvalue weighted by atomic mass is 32.2. The Morgan fingerprint density at radius 2 is 2.36 bits per heavy atom. The topological polar surface area (TPSA) is 57.6 Å². The van der Waals surface area contributed by atoms with Gasteiger partial charge in [0.2, 0.25) is 0 Å². The minimum Gasteiger partial charge on any atom is -0.284 e. The summed E-state index contributed by atoms with van der Waals surface area (Å²) in [6, 6.07) is 0. The highest BCUT2D eigenvalue weighted by Crippen LogP contribution is 2.23. The maximum atomic E-state index is 10.6. The molecule has 0 radical (unpaired) electrons. The van der Waals surface area contributed by atoms with Crippen molar-refractivity contribution in [3.8, 4) is 0 Å². The third-order valence-corrected chi connectivity index (χ3v) is 3.71. The van der Waals surface area contributed by atoms with E-state index in [0.717, 1.165) is 0 Å². The molecule has 1 aliphatic heterocycles. The fraction of sp³-hybridized carbons (Fsp3) is 0.600. The van der Waals surface area contributed by atoms with Gasteiger partial charge in [-0.05, 0) is 24.3 Å². The van der Waals surface area contributed by atoms with Crippen molar-refractivity contribution in [1.29, 1.82) is 0 Å². The summed E-state index contributed by atoms with van der Waals surface area (Å²) in [5, 5.41) is 0.962. The van der Waals surface area contributed by atoms with Gasteiger partial charge >= 0.3 is 0 Å². The van der Waals surface area contributed by atoms with E-state index in [4.69, 9.17) is 4.55 Å². The lowest BCUT2D eigenvalue weighted by Crippen LogP contribution is -2.31. The van der Waals surface area contributed by atoms with Crippen molar-refractivity contribution in [2.45, 2.75) is 12.3 Å². The summed E-state index contributed by atoms with van der Waals surface area (Å²) in [6.07, 6.45) is 1.84. The summed E-state index contributed by atoms with van der Waals surface area (Å²) < 4.78 is 31.4. The fourth-order valence-corrected chi connectivity index (χ4v) is 2.22. The Bertz CT molecular complexity index is 251. The average Bonchev–Trinajstić information content (AvgIpc) is 2.34. The van der Waals surface area contributed by atoms with Crippen LogP contribution in [0, 0.1) is 0 Å². The molecule has 6 heteroatoms. The van der Waals surface area contributed by atoms with Gasteiger partial charge in [0.15, 0.2) is 0 Å². The van der Waals surface area contributed by atoms with E-state index in [-0.39, 0.29) is 0 Å². The molecular formula is C5H9NO3S2. The lowest BCUT2D eigenvalue weighted by atomic mass is 10.6. The lowest BCUT2D eigenvalue weighted by molar-refractivity contribution is 0.416. The Hall–Kier alpha value is -0.0400. The molecule has 11 heavy (non-hydrogen) atoms. The highest BCUT2D eigenvalue weighted by Gasteiger charge is 2.25. The Morgan fingerprint density at radius 1 is 1.73 bits per heavy atom. The second-order valence-electron chi connectivity index (χ2n) is 2.19. The van der Waals surface area contributed by atoms with Gasteiger partial charge in [-0.25, -0.2) is 4.31 Å². The molecule has 1 N–H and O–H groups in total. The van der Waals surface area contributed by atoms with E-state index in [9.17, 15) is 8.42 Å². The van der Waals surface area contributed by atoms with Crippen LogP contribution in [-0.2, 0) is 10.1 Å². The van der Waals surface area contributed by atoms with Crippen LogP contribution in [0.15, 0.2) is 11.5 Å². The van der Waals surface area contributed by atoms with Gasteiger partial charge in [-0.1, -0.05) is 6.08 Å². The van der Waals surface area contributed by atoms with Crippen LogP contribution in [0.25, 0.3) is 0 Å². The quantitative estimate of drug-likeness (QED) is 0.519. The molecule has 0 fully saturated rings. The first-order chi connectivity index (χ1) is 5.02. The smallest absolute Gasteiger partial charge is 0.281 e. The van der Waals surface area contributed by atoms with Crippen molar-refractivity contribution < 1.29 is 13.0 Å². The molecule has 0 bridgehead atoms. The maximum Gasteiger partial charge on any atom is 0.281 e. The predicted octanol–water partition coefficient (Wildman–Crippen LogP) is 0.698. The molecule has 0 saturated heterocycles. The summed E-state index contributed by atoms with van der Waals surface area (Å²) in [6.45, 7) is 2.01. The molecule has 4 nitrogen and oxygen atoms in total. The van der Waals surface area contributed by atoms with Crippen LogP contribution >= 0.6 is 11.9 Å². The van der Waals surface area contributed by atoms with Gasteiger partial charge < -0.3 is 0 Å². The van der Waals surface area contributed by atoms with Crippen molar-refractivity contribution in [1.82, 2.24) is 4.31 Å². The minimum atomic E-state index is -3.92. The molecule has 1 unspecified atom stereocenters. The van der Waals surface area contributed by atoms with Gasteiger partial charge in [0.25, 0.3) is 10.1 Å². The third kappa shape index (κ3) is 2.19. The van der Waals surface area contributed by atoms with Crippen molar-refractivity contribution in [3.05, 3.63) is 11.5 Å². The average molecular weight is 195 g/mol. The molecule has 64 valence electrons. The van der Waals surface area contributed by atoms with E-state index in [1.54, 1.807) is 9.71 Å². The van der Waals surface area contributed by atoms with Crippen molar-refractivity contribution >= 4 is 22.1 Å². The van der Waals surface area contributed by atoms with Gasteiger partial charge in [0.1, 0.15) is 5.37 Å². The van der Waals surface area contributed by atoms with E-state index in [2.05, 4.69) is 0 Å². The summed E-state index contributed by atoms with van der Waals surface area (Å²) in [5.41, 5.74) is 0. The van der Waals surface area contributed by atoms with E-state index in [1.807, 2.05) is 6.08 Å².